The first-order chi connectivity index (χ1) is 8.34. The fourth-order valence-electron chi connectivity index (χ4n) is 1.34. The van der Waals surface area contributed by atoms with E-state index in [-0.39, 0.29) is 24.0 Å². The molecule has 0 aliphatic rings. The van der Waals surface area contributed by atoms with Gasteiger partial charge in [-0.2, -0.15) is 9.67 Å². The lowest BCUT2D eigenvalue weighted by Gasteiger charge is -1.98. The molecule has 1 aromatic carbocycles. The maximum Gasteiger partial charge on any atom is 0.185 e. The highest BCUT2D eigenvalue weighted by Gasteiger charge is 1.93. The van der Waals surface area contributed by atoms with Crippen LogP contribution in [0.4, 0.5) is 5.69 Å². The first kappa shape index (κ1) is 14.9. The van der Waals surface area contributed by atoms with Crippen molar-refractivity contribution >= 4 is 23.5 Å². The summed E-state index contributed by atoms with van der Waals surface area (Å²) in [5.41, 5.74) is 3.86. The van der Waals surface area contributed by atoms with E-state index in [4.69, 9.17) is 11.6 Å². The van der Waals surface area contributed by atoms with Crippen molar-refractivity contribution in [3.63, 3.8) is 0 Å². The highest BCUT2D eigenvalue weighted by atomic mass is 127. The Morgan fingerprint density at radius 2 is 1.78 bits per heavy atom. The fraction of sp³-hybridized carbons (Fsp3) is 0.0769. The molecule has 1 N–H and O–H groups in total. The van der Waals surface area contributed by atoms with Gasteiger partial charge in [-0.15, -0.1) is 0 Å². The molecule has 0 atom stereocenters. The lowest BCUT2D eigenvalue weighted by molar-refractivity contribution is -0.681. The smallest absolute Gasteiger partial charge is 0.185 e. The average molecular weight is 374 g/mol. The van der Waals surface area contributed by atoms with Crippen molar-refractivity contribution in [1.29, 1.82) is 0 Å². The molecule has 2 aromatic rings. The number of hydrogen-bond donors (Lipinski definition) is 1. The van der Waals surface area contributed by atoms with Crippen molar-refractivity contribution in [3.8, 4) is 0 Å². The van der Waals surface area contributed by atoms with Crippen LogP contribution in [0.2, 0.25) is 5.02 Å². The highest BCUT2D eigenvalue weighted by Crippen LogP contribution is 2.12. The lowest BCUT2D eigenvalue weighted by Crippen LogP contribution is -3.00. The molecule has 0 radical (unpaired) electrons. The summed E-state index contributed by atoms with van der Waals surface area (Å²) in [5.74, 6) is 0. The molecule has 0 aliphatic carbocycles. The molecule has 0 aliphatic heterocycles. The van der Waals surface area contributed by atoms with E-state index in [0.717, 1.165) is 17.3 Å². The minimum absolute atomic E-state index is 0. The molecule has 3 nitrogen and oxygen atoms in total. The van der Waals surface area contributed by atoms with Crippen LogP contribution < -0.4 is 34.0 Å². The summed E-state index contributed by atoms with van der Waals surface area (Å²) in [6.45, 7) is 0.738. The monoisotopic (exact) mass is 373 g/mol. The molecule has 2 rings (SSSR count). The second kappa shape index (κ2) is 8.05. The summed E-state index contributed by atoms with van der Waals surface area (Å²) in [6.07, 6.45) is 5.80. The van der Waals surface area contributed by atoms with Crippen molar-refractivity contribution in [2.24, 2.45) is 5.10 Å². The summed E-state index contributed by atoms with van der Waals surface area (Å²) >= 11 is 5.78. The molecule has 0 saturated heterocycles. The number of nitrogens with one attached hydrogen (secondary N) is 1. The van der Waals surface area contributed by atoms with Gasteiger partial charge in [0.1, 0.15) is 0 Å². The van der Waals surface area contributed by atoms with Crippen LogP contribution in [0.15, 0.2) is 60.0 Å². The SMILES string of the molecule is Clc1ccc(N/N=C/C[n+]2ccccc2)cc1.[I-]. The van der Waals surface area contributed by atoms with Gasteiger partial charge in [-0.1, -0.05) is 17.7 Å². The number of rotatable bonds is 4. The van der Waals surface area contributed by atoms with Crippen LogP contribution in [0.1, 0.15) is 0 Å². The largest absolute Gasteiger partial charge is 1.00 e. The maximum absolute atomic E-state index is 5.78. The third-order valence-corrected chi connectivity index (χ3v) is 2.45. The van der Waals surface area contributed by atoms with E-state index in [1.54, 1.807) is 0 Å². The number of pyridine rings is 1. The first-order valence-corrected chi connectivity index (χ1v) is 5.69. The quantitative estimate of drug-likeness (QED) is 0.340. The van der Waals surface area contributed by atoms with E-state index in [9.17, 15) is 0 Å². The molecule has 0 spiro atoms. The highest BCUT2D eigenvalue weighted by molar-refractivity contribution is 6.30. The predicted octanol–water partition coefficient (Wildman–Crippen LogP) is -0.271. The molecule has 1 heterocycles. The van der Waals surface area contributed by atoms with Crippen LogP contribution in [0.5, 0.6) is 0 Å². The predicted molar refractivity (Wildman–Crippen MR) is 70.2 cm³/mol. The third kappa shape index (κ3) is 5.01. The normalized spacial score (nSPS) is 10.1. The van der Waals surface area contributed by atoms with Gasteiger partial charge in [0.15, 0.2) is 18.9 Å². The first-order valence-electron chi connectivity index (χ1n) is 5.32. The van der Waals surface area contributed by atoms with Gasteiger partial charge < -0.3 is 24.0 Å². The number of aromatic nitrogens is 1. The van der Waals surface area contributed by atoms with Crippen LogP contribution in [-0.2, 0) is 6.54 Å². The van der Waals surface area contributed by atoms with Crippen molar-refractivity contribution in [1.82, 2.24) is 0 Å². The minimum Gasteiger partial charge on any atom is -1.00 e. The zero-order valence-electron chi connectivity index (χ0n) is 9.63. The van der Waals surface area contributed by atoms with E-state index >= 15 is 0 Å². The van der Waals surface area contributed by atoms with E-state index in [1.165, 1.54) is 0 Å². The summed E-state index contributed by atoms with van der Waals surface area (Å²) in [6, 6.07) is 13.4. The van der Waals surface area contributed by atoms with E-state index in [1.807, 2.05) is 65.6 Å². The Bertz CT molecular complexity index is 485. The molecular formula is C13H13ClIN3. The number of hydrazone groups is 1. The molecular weight excluding hydrogens is 361 g/mol. The number of anilines is 1. The summed E-state index contributed by atoms with van der Waals surface area (Å²) in [7, 11) is 0. The molecule has 0 saturated carbocycles. The van der Waals surface area contributed by atoms with Gasteiger partial charge in [-0.05, 0) is 24.3 Å². The molecule has 0 unspecified atom stereocenters. The van der Waals surface area contributed by atoms with Gasteiger partial charge in [0.25, 0.3) is 0 Å². The van der Waals surface area contributed by atoms with Gasteiger partial charge >= 0.3 is 0 Å². The van der Waals surface area contributed by atoms with Crippen LogP contribution in [0.25, 0.3) is 0 Å². The molecule has 5 heteroatoms. The van der Waals surface area contributed by atoms with Crippen molar-refractivity contribution in [2.75, 3.05) is 5.43 Å². The zero-order valence-corrected chi connectivity index (χ0v) is 12.5. The van der Waals surface area contributed by atoms with Crippen LogP contribution in [-0.4, -0.2) is 6.21 Å². The van der Waals surface area contributed by atoms with Gasteiger partial charge in [-0.25, -0.2) is 0 Å². The Kier molecular flexibility index (Phi) is 6.67. The Hall–Kier alpha value is -1.14. The Morgan fingerprint density at radius 3 is 2.44 bits per heavy atom. The van der Waals surface area contributed by atoms with Gasteiger partial charge in [-0.3, -0.25) is 5.43 Å². The summed E-state index contributed by atoms with van der Waals surface area (Å²) < 4.78 is 2.03. The van der Waals surface area contributed by atoms with E-state index in [2.05, 4.69) is 10.5 Å². The van der Waals surface area contributed by atoms with Crippen LogP contribution >= 0.6 is 11.6 Å². The molecule has 0 bridgehead atoms. The van der Waals surface area contributed by atoms with Gasteiger partial charge in [0.2, 0.25) is 0 Å². The van der Waals surface area contributed by atoms with Gasteiger partial charge in [0.05, 0.1) is 11.9 Å². The van der Waals surface area contributed by atoms with Crippen molar-refractivity contribution in [3.05, 3.63) is 59.9 Å². The van der Waals surface area contributed by atoms with Crippen LogP contribution in [0, 0.1) is 0 Å². The maximum atomic E-state index is 5.78. The average Bonchev–Trinajstić information content (AvgIpc) is 2.38. The minimum atomic E-state index is 0. The topological polar surface area (TPSA) is 28.3 Å². The van der Waals surface area contributed by atoms with E-state index in [0.29, 0.717) is 0 Å². The zero-order chi connectivity index (χ0) is 11.9. The van der Waals surface area contributed by atoms with Crippen molar-refractivity contribution in [2.45, 2.75) is 6.54 Å². The van der Waals surface area contributed by atoms with Gasteiger partial charge in [0, 0.05) is 17.2 Å². The molecule has 0 amide bonds. The number of nitrogens with zero attached hydrogens (tertiary/aromatic N) is 2. The standard InChI is InChI=1S/C13H13ClN3.HI/c14-12-4-6-13(7-5-12)16-15-8-11-17-9-2-1-3-10-17;/h1-10,16H,11H2;1H/q+1;/p-1/b15-8+;. The molecule has 94 valence electrons. The Balaban J connectivity index is 0.00000162. The summed E-state index contributed by atoms with van der Waals surface area (Å²) in [5, 5.41) is 4.85. The Morgan fingerprint density at radius 1 is 1.11 bits per heavy atom. The number of hydrogen-bond acceptors (Lipinski definition) is 2. The Labute approximate surface area is 129 Å². The second-order valence-electron chi connectivity index (χ2n) is 3.50. The molecule has 1 aromatic heterocycles. The second-order valence-corrected chi connectivity index (χ2v) is 3.94. The third-order valence-electron chi connectivity index (χ3n) is 2.20. The molecule has 18 heavy (non-hydrogen) atoms. The number of halogens is 2. The van der Waals surface area contributed by atoms with Crippen LogP contribution in [0.3, 0.4) is 0 Å². The summed E-state index contributed by atoms with van der Waals surface area (Å²) in [4.78, 5) is 0. The lowest BCUT2D eigenvalue weighted by atomic mass is 10.3. The molecule has 0 fully saturated rings. The van der Waals surface area contributed by atoms with E-state index < -0.39 is 0 Å². The fourth-order valence-corrected chi connectivity index (χ4v) is 1.46. The number of benzene rings is 1. The van der Waals surface area contributed by atoms with Crippen molar-refractivity contribution < 1.29 is 28.5 Å².